The number of rotatable bonds is 6. The van der Waals surface area contributed by atoms with Crippen molar-refractivity contribution in [2.24, 2.45) is 0 Å². The molecule has 0 atom stereocenters. The van der Waals surface area contributed by atoms with Gasteiger partial charge in [0.05, 0.1) is 19.8 Å². The summed E-state index contributed by atoms with van der Waals surface area (Å²) in [6.07, 6.45) is 5.35. The van der Waals surface area contributed by atoms with Crippen molar-refractivity contribution >= 4 is 0 Å². The highest BCUT2D eigenvalue weighted by Crippen LogP contribution is 2.35. The first-order valence-corrected chi connectivity index (χ1v) is 8.05. The summed E-state index contributed by atoms with van der Waals surface area (Å²) in [6.45, 7) is 3.29. The number of nitrogens with one attached hydrogen (secondary N) is 1. The molecule has 1 heterocycles. The quantitative estimate of drug-likeness (QED) is 0.818. The summed E-state index contributed by atoms with van der Waals surface area (Å²) in [7, 11) is 0. The third-order valence-corrected chi connectivity index (χ3v) is 4.33. The molecule has 0 bridgehead atoms. The van der Waals surface area contributed by atoms with Gasteiger partial charge in [-0.2, -0.15) is 0 Å². The lowest BCUT2D eigenvalue weighted by molar-refractivity contribution is -0.179. The third kappa shape index (κ3) is 4.19. The zero-order chi connectivity index (χ0) is 14.4. The highest BCUT2D eigenvalue weighted by molar-refractivity contribution is 5.20. The second-order valence-corrected chi connectivity index (χ2v) is 5.85. The molecule has 2 aliphatic rings. The van der Waals surface area contributed by atoms with Crippen LogP contribution in [-0.4, -0.2) is 38.2 Å². The highest BCUT2D eigenvalue weighted by atomic mass is 16.7. The Labute approximate surface area is 126 Å². The fraction of sp³-hybridized carbons (Fsp3) is 0.647. The van der Waals surface area contributed by atoms with Crippen molar-refractivity contribution in [1.82, 2.24) is 5.32 Å². The molecule has 1 aliphatic carbocycles. The van der Waals surface area contributed by atoms with Gasteiger partial charge in [-0.3, -0.25) is 0 Å². The lowest BCUT2D eigenvalue weighted by Crippen LogP contribution is -2.42. The molecular formula is C17H25NO3. The van der Waals surface area contributed by atoms with Gasteiger partial charge in [-0.25, -0.2) is 0 Å². The van der Waals surface area contributed by atoms with E-state index in [4.69, 9.17) is 14.2 Å². The van der Waals surface area contributed by atoms with Crippen LogP contribution in [0.4, 0.5) is 0 Å². The van der Waals surface area contributed by atoms with Crippen LogP contribution in [0.15, 0.2) is 30.3 Å². The molecule has 0 unspecified atom stereocenters. The van der Waals surface area contributed by atoms with Gasteiger partial charge in [0, 0.05) is 18.9 Å². The Morgan fingerprint density at radius 3 is 2.52 bits per heavy atom. The standard InChI is InChI=1S/C17H25NO3/c1-2-5-16(6-3-1)19-12-4-11-18-15-7-9-17(10-8-15)20-13-14-21-17/h1-3,5-6,15,18H,4,7-14H2. The van der Waals surface area contributed by atoms with E-state index in [9.17, 15) is 0 Å². The summed E-state index contributed by atoms with van der Waals surface area (Å²) in [6, 6.07) is 10.6. The van der Waals surface area contributed by atoms with Gasteiger partial charge in [0.15, 0.2) is 5.79 Å². The highest BCUT2D eigenvalue weighted by Gasteiger charge is 2.39. The number of hydrogen-bond acceptors (Lipinski definition) is 4. The van der Waals surface area contributed by atoms with E-state index >= 15 is 0 Å². The van der Waals surface area contributed by atoms with Crippen LogP contribution in [0.1, 0.15) is 32.1 Å². The van der Waals surface area contributed by atoms with Crippen molar-refractivity contribution in [1.29, 1.82) is 0 Å². The lowest BCUT2D eigenvalue weighted by Gasteiger charge is -2.35. The molecule has 4 nitrogen and oxygen atoms in total. The van der Waals surface area contributed by atoms with Crippen LogP contribution in [0, 0.1) is 0 Å². The molecule has 1 spiro atoms. The van der Waals surface area contributed by atoms with E-state index < -0.39 is 0 Å². The molecule has 0 aromatic heterocycles. The first-order chi connectivity index (χ1) is 10.4. The first-order valence-electron chi connectivity index (χ1n) is 8.05. The van der Waals surface area contributed by atoms with E-state index in [1.54, 1.807) is 0 Å². The molecule has 1 aliphatic heterocycles. The summed E-state index contributed by atoms with van der Waals surface area (Å²) in [5.41, 5.74) is 0. The number of para-hydroxylation sites is 1. The average Bonchev–Trinajstić information content (AvgIpc) is 2.98. The van der Waals surface area contributed by atoms with Crippen LogP contribution < -0.4 is 10.1 Å². The maximum Gasteiger partial charge on any atom is 0.168 e. The molecule has 1 saturated carbocycles. The van der Waals surface area contributed by atoms with Gasteiger partial charge >= 0.3 is 0 Å². The van der Waals surface area contributed by atoms with E-state index in [1.165, 1.54) is 0 Å². The molecule has 4 heteroatoms. The molecule has 0 amide bonds. The maximum atomic E-state index is 5.75. The van der Waals surface area contributed by atoms with E-state index in [2.05, 4.69) is 5.32 Å². The minimum Gasteiger partial charge on any atom is -0.494 e. The van der Waals surface area contributed by atoms with Crippen molar-refractivity contribution in [3.05, 3.63) is 30.3 Å². The van der Waals surface area contributed by atoms with Crippen LogP contribution in [0.2, 0.25) is 0 Å². The second-order valence-electron chi connectivity index (χ2n) is 5.85. The summed E-state index contributed by atoms with van der Waals surface area (Å²) in [4.78, 5) is 0. The van der Waals surface area contributed by atoms with Crippen LogP contribution in [-0.2, 0) is 9.47 Å². The SMILES string of the molecule is c1ccc(OCCCNC2CCC3(CC2)OCCO3)cc1. The molecule has 1 N–H and O–H groups in total. The van der Waals surface area contributed by atoms with Crippen LogP contribution >= 0.6 is 0 Å². The first kappa shape index (κ1) is 14.8. The van der Waals surface area contributed by atoms with Crippen molar-refractivity contribution in [3.63, 3.8) is 0 Å². The molecule has 116 valence electrons. The van der Waals surface area contributed by atoms with Crippen LogP contribution in [0.5, 0.6) is 5.75 Å². The minimum absolute atomic E-state index is 0.241. The molecular weight excluding hydrogens is 266 g/mol. The molecule has 3 rings (SSSR count). The second kappa shape index (κ2) is 7.25. The van der Waals surface area contributed by atoms with Crippen LogP contribution in [0.25, 0.3) is 0 Å². The topological polar surface area (TPSA) is 39.7 Å². The Hall–Kier alpha value is -1.10. The zero-order valence-corrected chi connectivity index (χ0v) is 12.6. The Morgan fingerprint density at radius 2 is 1.81 bits per heavy atom. The normalized spacial score (nSPS) is 21.7. The molecule has 1 aromatic rings. The number of benzene rings is 1. The van der Waals surface area contributed by atoms with E-state index in [-0.39, 0.29) is 5.79 Å². The molecule has 1 aromatic carbocycles. The molecule has 1 saturated heterocycles. The van der Waals surface area contributed by atoms with E-state index in [1.807, 2.05) is 30.3 Å². The van der Waals surface area contributed by atoms with E-state index in [0.717, 1.165) is 64.2 Å². The number of ether oxygens (including phenoxy) is 3. The zero-order valence-electron chi connectivity index (χ0n) is 12.6. The summed E-state index contributed by atoms with van der Waals surface area (Å²) in [5.74, 6) is 0.710. The van der Waals surface area contributed by atoms with Crippen LogP contribution in [0.3, 0.4) is 0 Å². The maximum absolute atomic E-state index is 5.75. The van der Waals surface area contributed by atoms with Gasteiger partial charge in [0.25, 0.3) is 0 Å². The molecule has 2 fully saturated rings. The lowest BCUT2D eigenvalue weighted by atomic mass is 9.90. The minimum atomic E-state index is -0.241. The Bertz CT molecular complexity index is 407. The van der Waals surface area contributed by atoms with Gasteiger partial charge in [-0.1, -0.05) is 18.2 Å². The Morgan fingerprint density at radius 1 is 1.10 bits per heavy atom. The van der Waals surface area contributed by atoms with Crippen molar-refractivity contribution in [2.45, 2.75) is 43.9 Å². The van der Waals surface area contributed by atoms with Gasteiger partial charge in [0.2, 0.25) is 0 Å². The van der Waals surface area contributed by atoms with Gasteiger partial charge in [-0.15, -0.1) is 0 Å². The average molecular weight is 291 g/mol. The Kier molecular flexibility index (Phi) is 5.12. The van der Waals surface area contributed by atoms with E-state index in [0.29, 0.717) is 6.04 Å². The van der Waals surface area contributed by atoms with Gasteiger partial charge in [-0.05, 0) is 37.9 Å². The van der Waals surface area contributed by atoms with Gasteiger partial charge < -0.3 is 19.5 Å². The smallest absolute Gasteiger partial charge is 0.168 e. The molecule has 0 radical (unpaired) electrons. The predicted octanol–water partition coefficient (Wildman–Crippen LogP) is 2.73. The summed E-state index contributed by atoms with van der Waals surface area (Å²) >= 11 is 0. The summed E-state index contributed by atoms with van der Waals surface area (Å²) < 4.78 is 17.2. The third-order valence-electron chi connectivity index (χ3n) is 4.33. The van der Waals surface area contributed by atoms with Crippen molar-refractivity contribution in [2.75, 3.05) is 26.4 Å². The molecule has 21 heavy (non-hydrogen) atoms. The fourth-order valence-corrected chi connectivity index (χ4v) is 3.13. The predicted molar refractivity (Wildman–Crippen MR) is 81.4 cm³/mol. The monoisotopic (exact) mass is 291 g/mol. The number of hydrogen-bond donors (Lipinski definition) is 1. The fourth-order valence-electron chi connectivity index (χ4n) is 3.13. The van der Waals surface area contributed by atoms with Crippen molar-refractivity contribution < 1.29 is 14.2 Å². The van der Waals surface area contributed by atoms with Gasteiger partial charge in [0.1, 0.15) is 5.75 Å². The Balaban J connectivity index is 1.27. The van der Waals surface area contributed by atoms with Crippen molar-refractivity contribution in [3.8, 4) is 5.75 Å². The largest absolute Gasteiger partial charge is 0.494 e. The summed E-state index contributed by atoms with van der Waals surface area (Å²) in [5, 5.41) is 3.62.